The van der Waals surface area contributed by atoms with Gasteiger partial charge in [0.25, 0.3) is 0 Å². The van der Waals surface area contributed by atoms with Gasteiger partial charge in [-0.15, -0.1) is 11.3 Å². The first-order valence-electron chi connectivity index (χ1n) is 6.34. The lowest BCUT2D eigenvalue weighted by molar-refractivity contribution is -0.133. The number of hydrogen-bond acceptors (Lipinski definition) is 5. The van der Waals surface area contributed by atoms with E-state index in [0.29, 0.717) is 11.7 Å². The Hall–Kier alpha value is -1.86. The first-order chi connectivity index (χ1) is 10.1. The summed E-state index contributed by atoms with van der Waals surface area (Å²) in [5, 5.41) is 12.6. The lowest BCUT2D eigenvalue weighted by Crippen LogP contribution is -2.04. The molecule has 0 aliphatic carbocycles. The van der Waals surface area contributed by atoms with E-state index >= 15 is 0 Å². The smallest absolute Gasteiger partial charge is 0.313 e. The van der Waals surface area contributed by atoms with E-state index in [1.807, 2.05) is 41.1 Å². The molecule has 1 aromatic carbocycles. The van der Waals surface area contributed by atoms with Gasteiger partial charge < -0.3 is 9.67 Å². The molecule has 3 rings (SSSR count). The molecule has 0 radical (unpaired) electrons. The predicted octanol–water partition coefficient (Wildman–Crippen LogP) is 3.03. The minimum atomic E-state index is -0.844. The number of aliphatic carboxylic acids is 1. The second-order valence-corrected chi connectivity index (χ2v) is 6.42. The number of para-hydroxylation sites is 2. The van der Waals surface area contributed by atoms with Crippen molar-refractivity contribution in [2.24, 2.45) is 0 Å². The third-order valence-corrected chi connectivity index (χ3v) is 4.82. The van der Waals surface area contributed by atoms with Gasteiger partial charge in [-0.2, -0.15) is 0 Å². The van der Waals surface area contributed by atoms with Crippen LogP contribution < -0.4 is 0 Å². The van der Waals surface area contributed by atoms with Crippen molar-refractivity contribution in [3.8, 4) is 0 Å². The number of aromatic nitrogens is 3. The summed E-state index contributed by atoms with van der Waals surface area (Å²) in [4.78, 5) is 19.8. The molecule has 1 N–H and O–H groups in total. The summed E-state index contributed by atoms with van der Waals surface area (Å²) < 4.78 is 2.03. The van der Waals surface area contributed by atoms with Gasteiger partial charge in [-0.3, -0.25) is 4.79 Å². The third kappa shape index (κ3) is 3.08. The van der Waals surface area contributed by atoms with Crippen LogP contribution in [0.4, 0.5) is 0 Å². The van der Waals surface area contributed by atoms with E-state index in [4.69, 9.17) is 5.11 Å². The Morgan fingerprint density at radius 1 is 1.38 bits per heavy atom. The zero-order chi connectivity index (χ0) is 14.8. The van der Waals surface area contributed by atoms with Crippen LogP contribution in [0.1, 0.15) is 10.7 Å². The van der Waals surface area contributed by atoms with E-state index in [2.05, 4.69) is 9.97 Å². The van der Waals surface area contributed by atoms with Crippen molar-refractivity contribution in [2.45, 2.75) is 18.6 Å². The summed E-state index contributed by atoms with van der Waals surface area (Å²) in [6.45, 7) is 2.58. The summed E-state index contributed by atoms with van der Waals surface area (Å²) in [5.74, 6) is -0.844. The van der Waals surface area contributed by atoms with Crippen molar-refractivity contribution < 1.29 is 9.90 Å². The van der Waals surface area contributed by atoms with Gasteiger partial charge in [-0.25, -0.2) is 9.97 Å². The lowest BCUT2D eigenvalue weighted by atomic mass is 10.3. The van der Waals surface area contributed by atoms with Crippen LogP contribution in [0.15, 0.2) is 34.8 Å². The molecule has 0 aliphatic heterocycles. The van der Waals surface area contributed by atoms with Crippen molar-refractivity contribution in [1.82, 2.24) is 14.5 Å². The predicted molar refractivity (Wildman–Crippen MR) is 84.0 cm³/mol. The fourth-order valence-electron chi connectivity index (χ4n) is 2.05. The van der Waals surface area contributed by atoms with Gasteiger partial charge in [-0.05, 0) is 19.1 Å². The topological polar surface area (TPSA) is 68.0 Å². The van der Waals surface area contributed by atoms with Gasteiger partial charge in [0.05, 0.1) is 23.3 Å². The SMILES string of the molecule is Cc1csc(Cn2c(SCC(=O)O)nc3ccccc32)n1. The molecular weight excluding hydrogens is 306 g/mol. The molecule has 0 atom stereocenters. The number of carboxylic acids is 1. The Morgan fingerprint density at radius 3 is 2.90 bits per heavy atom. The monoisotopic (exact) mass is 319 g/mol. The first-order valence-corrected chi connectivity index (χ1v) is 8.21. The number of thiazole rings is 1. The minimum Gasteiger partial charge on any atom is -0.481 e. The van der Waals surface area contributed by atoms with Crippen LogP contribution >= 0.6 is 23.1 Å². The Bertz CT molecular complexity index is 794. The highest BCUT2D eigenvalue weighted by atomic mass is 32.2. The third-order valence-electron chi connectivity index (χ3n) is 2.90. The van der Waals surface area contributed by atoms with Gasteiger partial charge in [0.2, 0.25) is 0 Å². The summed E-state index contributed by atoms with van der Waals surface area (Å²) >= 11 is 2.84. The number of hydrogen-bond donors (Lipinski definition) is 1. The molecule has 3 aromatic rings. The molecule has 5 nitrogen and oxygen atoms in total. The highest BCUT2D eigenvalue weighted by Crippen LogP contribution is 2.25. The molecule has 0 amide bonds. The standard InChI is InChI=1S/C14H13N3O2S2/c1-9-7-20-12(15-9)6-17-11-5-3-2-4-10(11)16-14(17)21-8-13(18)19/h2-5,7H,6,8H2,1H3,(H,18,19). The van der Waals surface area contributed by atoms with E-state index in [1.54, 1.807) is 11.3 Å². The van der Waals surface area contributed by atoms with Crippen LogP contribution in [0.5, 0.6) is 0 Å². The van der Waals surface area contributed by atoms with Crippen molar-refractivity contribution in [3.63, 3.8) is 0 Å². The molecule has 2 aromatic heterocycles. The molecule has 0 saturated heterocycles. The molecule has 0 spiro atoms. The van der Waals surface area contributed by atoms with Crippen molar-refractivity contribution in [2.75, 3.05) is 5.75 Å². The number of carboxylic acid groups (broad SMARTS) is 1. The second kappa shape index (κ2) is 5.87. The average molecular weight is 319 g/mol. The fraction of sp³-hybridized carbons (Fsp3) is 0.214. The number of aryl methyl sites for hydroxylation is 1. The molecule has 0 fully saturated rings. The van der Waals surface area contributed by atoms with Gasteiger partial charge >= 0.3 is 5.97 Å². The fourth-order valence-corrected chi connectivity index (χ4v) is 3.55. The molecular formula is C14H13N3O2S2. The molecule has 2 heterocycles. The number of thioether (sulfide) groups is 1. The quantitative estimate of drug-likeness (QED) is 0.732. The first kappa shape index (κ1) is 14.1. The number of benzene rings is 1. The maximum absolute atomic E-state index is 10.8. The minimum absolute atomic E-state index is 0.000217. The summed E-state index contributed by atoms with van der Waals surface area (Å²) in [7, 11) is 0. The Morgan fingerprint density at radius 2 is 2.19 bits per heavy atom. The largest absolute Gasteiger partial charge is 0.481 e. The molecule has 7 heteroatoms. The zero-order valence-electron chi connectivity index (χ0n) is 11.3. The molecule has 0 bridgehead atoms. The van der Waals surface area contributed by atoms with E-state index in [1.165, 1.54) is 11.8 Å². The number of nitrogens with zero attached hydrogens (tertiary/aromatic N) is 3. The molecule has 0 unspecified atom stereocenters. The van der Waals surface area contributed by atoms with Crippen LogP contribution in [-0.2, 0) is 11.3 Å². The van der Waals surface area contributed by atoms with Crippen LogP contribution in [0.2, 0.25) is 0 Å². The Labute approximate surface area is 129 Å². The number of carbonyl (C=O) groups is 1. The zero-order valence-corrected chi connectivity index (χ0v) is 12.9. The normalized spacial score (nSPS) is 11.1. The highest BCUT2D eigenvalue weighted by Gasteiger charge is 2.13. The van der Waals surface area contributed by atoms with Crippen LogP contribution in [0.3, 0.4) is 0 Å². The molecule has 0 saturated carbocycles. The summed E-state index contributed by atoms with van der Waals surface area (Å²) in [6, 6.07) is 7.81. The van der Waals surface area contributed by atoms with Crippen LogP contribution in [-0.4, -0.2) is 31.4 Å². The van der Waals surface area contributed by atoms with Gasteiger partial charge in [-0.1, -0.05) is 23.9 Å². The van der Waals surface area contributed by atoms with Gasteiger partial charge in [0.1, 0.15) is 5.01 Å². The van der Waals surface area contributed by atoms with Gasteiger partial charge in [0.15, 0.2) is 5.16 Å². The second-order valence-electron chi connectivity index (χ2n) is 4.53. The highest BCUT2D eigenvalue weighted by molar-refractivity contribution is 7.99. The van der Waals surface area contributed by atoms with Crippen molar-refractivity contribution in [1.29, 1.82) is 0 Å². The number of imidazole rings is 1. The van der Waals surface area contributed by atoms with E-state index in [9.17, 15) is 4.79 Å². The Kier molecular flexibility index (Phi) is 3.94. The lowest BCUT2D eigenvalue weighted by Gasteiger charge is -2.06. The van der Waals surface area contributed by atoms with Crippen molar-refractivity contribution >= 4 is 40.1 Å². The molecule has 108 valence electrons. The average Bonchev–Trinajstić information content (AvgIpc) is 3.01. The summed E-state index contributed by atoms with van der Waals surface area (Å²) in [6.07, 6.45) is 0. The maximum Gasteiger partial charge on any atom is 0.313 e. The number of rotatable bonds is 5. The maximum atomic E-state index is 10.8. The van der Waals surface area contributed by atoms with Gasteiger partial charge in [0, 0.05) is 11.1 Å². The van der Waals surface area contributed by atoms with Crippen molar-refractivity contribution in [3.05, 3.63) is 40.3 Å². The molecule has 21 heavy (non-hydrogen) atoms. The van der Waals surface area contributed by atoms with Crippen LogP contribution in [0, 0.1) is 6.92 Å². The number of fused-ring (bicyclic) bond motifs is 1. The van der Waals surface area contributed by atoms with E-state index in [0.717, 1.165) is 21.7 Å². The summed E-state index contributed by atoms with van der Waals surface area (Å²) in [5.41, 5.74) is 2.87. The van der Waals surface area contributed by atoms with Crippen LogP contribution in [0.25, 0.3) is 11.0 Å². The molecule has 0 aliphatic rings. The Balaban J connectivity index is 2.00. The van der Waals surface area contributed by atoms with E-state index in [-0.39, 0.29) is 5.75 Å². The van der Waals surface area contributed by atoms with E-state index < -0.39 is 5.97 Å².